The minimum absolute atomic E-state index is 1.16. The molecule has 0 aliphatic carbocycles. The van der Waals surface area contributed by atoms with Gasteiger partial charge in [0.05, 0.1) is 0 Å². The van der Waals surface area contributed by atoms with Crippen molar-refractivity contribution in [1.82, 2.24) is 0 Å². The Balaban J connectivity index is 0.935. The van der Waals surface area contributed by atoms with Gasteiger partial charge in [0, 0.05) is 0 Å². The van der Waals surface area contributed by atoms with Gasteiger partial charge in [0.2, 0.25) is 0 Å². The van der Waals surface area contributed by atoms with Crippen LogP contribution in [0.4, 0.5) is 0 Å². The van der Waals surface area contributed by atoms with Gasteiger partial charge in [-0.3, -0.25) is 0 Å². The number of rotatable bonds is 16. The zero-order valence-electron chi connectivity index (χ0n) is 53.8. The Bertz CT molecular complexity index is 4880. The number of benzene rings is 16. The monoisotopic (exact) mass is 1340 g/mol. The predicted octanol–water partition coefficient (Wildman–Crippen LogP) is 22.0. The fraction of sp³-hybridized carbons (Fsp3) is 0. The molecule has 0 fully saturated rings. The second kappa shape index (κ2) is 27.3. The first-order valence-corrected chi connectivity index (χ1v) is 39.2. The minimum atomic E-state index is -4.65. The quantitative estimate of drug-likeness (QED) is 0.0668. The van der Waals surface area contributed by atoms with Crippen molar-refractivity contribution < 1.29 is 0 Å². The van der Waals surface area contributed by atoms with E-state index in [9.17, 15) is 0 Å². The normalized spacial score (nSPS) is 12.9. The second-order valence-corrected chi connectivity index (χ2v) is 35.9. The summed E-state index contributed by atoms with van der Waals surface area (Å²) in [4.78, 5) is 0. The molecule has 0 nitrogen and oxygen atoms in total. The Morgan fingerprint density at radius 2 is 0.330 bits per heavy atom. The molecule has 1 heteroatoms. The van der Waals surface area contributed by atoms with E-state index in [0.717, 1.165) is 22.3 Å². The molecule has 456 valence electrons. The van der Waals surface area contributed by atoms with E-state index in [2.05, 4.69) is 413 Å². The van der Waals surface area contributed by atoms with Crippen LogP contribution < -0.4 is 14.3 Å². The van der Waals surface area contributed by atoms with E-state index in [-0.39, 0.29) is 0 Å². The molecule has 0 heterocycles. The molecular formula is C96H68Sn. The van der Waals surface area contributed by atoms with Crippen molar-refractivity contribution in [3.8, 4) is 0 Å². The molecule has 16 aromatic carbocycles. The molecule has 0 aliphatic heterocycles. The maximum absolute atomic E-state index is 4.65. The third-order valence-electron chi connectivity index (χ3n) is 19.3. The Labute approximate surface area is 573 Å². The van der Waals surface area contributed by atoms with Gasteiger partial charge in [0.25, 0.3) is 0 Å². The van der Waals surface area contributed by atoms with Crippen molar-refractivity contribution in [3.05, 3.63) is 455 Å². The fourth-order valence-corrected chi connectivity index (χ4v) is 27.8. The third kappa shape index (κ3) is 12.2. The molecule has 0 spiro atoms. The summed E-state index contributed by atoms with van der Waals surface area (Å²) in [7, 11) is 0. The van der Waals surface area contributed by atoms with Crippen LogP contribution in [0.25, 0.3) is 89.7 Å². The summed E-state index contributed by atoms with van der Waals surface area (Å²) in [6.45, 7) is 0. The van der Waals surface area contributed by atoms with Crippen LogP contribution >= 0.6 is 0 Å². The first kappa shape index (κ1) is 60.3. The van der Waals surface area contributed by atoms with Crippen LogP contribution in [-0.4, -0.2) is 18.4 Å². The molecule has 97 heavy (non-hydrogen) atoms. The Hall–Kier alpha value is -11.7. The van der Waals surface area contributed by atoms with Crippen molar-refractivity contribution in [2.45, 2.75) is 0 Å². The number of hydrogen-bond acceptors (Lipinski definition) is 0. The van der Waals surface area contributed by atoms with Gasteiger partial charge in [0.1, 0.15) is 0 Å². The number of hydrogen-bond donors (Lipinski definition) is 0. The standard InChI is InChI=1S/4C24H17.Sn/c4*1-3-10-20(11-4-1)24(21-12-5-2-6-13-21)18-22-16-9-15-19-14-7-8-17-23(19)22;/h4*1,3-18H;. The molecule has 16 aromatic rings. The van der Waals surface area contributed by atoms with Crippen molar-refractivity contribution in [2.75, 3.05) is 0 Å². The summed E-state index contributed by atoms with van der Waals surface area (Å²) < 4.78 is 5.40. The van der Waals surface area contributed by atoms with Crippen LogP contribution in [0.3, 0.4) is 0 Å². The zero-order chi connectivity index (χ0) is 64.7. The maximum atomic E-state index is 2.49. The van der Waals surface area contributed by atoms with E-state index in [0.29, 0.717) is 0 Å². The van der Waals surface area contributed by atoms with E-state index in [4.69, 9.17) is 0 Å². The van der Waals surface area contributed by atoms with Gasteiger partial charge in [-0.05, 0) is 0 Å². The van der Waals surface area contributed by atoms with E-state index in [1.165, 1.54) is 124 Å². The summed E-state index contributed by atoms with van der Waals surface area (Å²) in [6, 6.07) is 144. The molecule has 0 N–H and O–H groups in total. The van der Waals surface area contributed by atoms with Crippen LogP contribution in [-0.2, 0) is 0 Å². The SMILES string of the molecule is C(=C(c1ccccc1)c1cc[c]([Sn]([c]2ccc(C(=Cc3cccc4ccccc34)c3ccccc3)cc2)([c]2ccc(C(=Cc3cccc4ccccc34)c3ccccc3)cc2)[c]2ccc(C(=Cc3cccc4ccccc34)c3ccccc3)cc2)cc1)c1cccc2ccccc12. The summed E-state index contributed by atoms with van der Waals surface area (Å²) in [6.07, 6.45) is 9.56. The van der Waals surface area contributed by atoms with Crippen LogP contribution in [0.5, 0.6) is 0 Å². The number of fused-ring (bicyclic) bond motifs is 4. The molecule has 0 amide bonds. The Morgan fingerprint density at radius 1 is 0.155 bits per heavy atom. The summed E-state index contributed by atoms with van der Waals surface area (Å²) in [5.41, 5.74) is 18.8. The topological polar surface area (TPSA) is 0 Å². The summed E-state index contributed by atoms with van der Waals surface area (Å²) >= 11 is -4.65. The van der Waals surface area contributed by atoms with E-state index in [1.54, 1.807) is 0 Å². The molecule has 0 aliphatic rings. The fourth-order valence-electron chi connectivity index (χ4n) is 14.5. The third-order valence-corrected chi connectivity index (χ3v) is 33.0. The van der Waals surface area contributed by atoms with Gasteiger partial charge < -0.3 is 0 Å². The molecule has 16 rings (SSSR count). The van der Waals surface area contributed by atoms with Crippen LogP contribution in [0.1, 0.15) is 66.8 Å². The van der Waals surface area contributed by atoms with Gasteiger partial charge in [-0.1, -0.05) is 0 Å². The molecular weight excluding hydrogens is 1270 g/mol. The van der Waals surface area contributed by atoms with Gasteiger partial charge in [-0.15, -0.1) is 0 Å². The molecule has 0 radical (unpaired) electrons. The van der Waals surface area contributed by atoms with Crippen molar-refractivity contribution in [2.24, 2.45) is 0 Å². The van der Waals surface area contributed by atoms with E-state index < -0.39 is 18.4 Å². The average molecular weight is 1340 g/mol. The average Bonchev–Trinajstić information content (AvgIpc) is 0.743. The molecule has 0 saturated carbocycles. The van der Waals surface area contributed by atoms with E-state index >= 15 is 0 Å². The molecule has 0 atom stereocenters. The Morgan fingerprint density at radius 3 is 0.546 bits per heavy atom. The zero-order valence-corrected chi connectivity index (χ0v) is 56.6. The Kier molecular flexibility index (Phi) is 17.0. The van der Waals surface area contributed by atoms with Gasteiger partial charge >= 0.3 is 577 Å². The molecule has 0 saturated heterocycles. The van der Waals surface area contributed by atoms with Crippen molar-refractivity contribution >= 4 is 122 Å². The van der Waals surface area contributed by atoms with Gasteiger partial charge in [-0.25, -0.2) is 0 Å². The summed E-state index contributed by atoms with van der Waals surface area (Å²) in [5.74, 6) is 0. The first-order chi connectivity index (χ1) is 48.1. The van der Waals surface area contributed by atoms with Crippen LogP contribution in [0.15, 0.2) is 388 Å². The molecule has 0 aromatic heterocycles. The molecule has 0 unspecified atom stereocenters. The predicted molar refractivity (Wildman–Crippen MR) is 420 cm³/mol. The second-order valence-electron chi connectivity index (χ2n) is 25.0. The van der Waals surface area contributed by atoms with Gasteiger partial charge in [0.15, 0.2) is 0 Å². The van der Waals surface area contributed by atoms with Gasteiger partial charge in [-0.2, -0.15) is 0 Å². The van der Waals surface area contributed by atoms with Crippen LogP contribution in [0, 0.1) is 0 Å². The van der Waals surface area contributed by atoms with E-state index in [1.807, 2.05) is 0 Å². The summed E-state index contributed by atoms with van der Waals surface area (Å²) in [5, 5.41) is 9.81. The first-order valence-electron chi connectivity index (χ1n) is 33.5. The van der Waals surface area contributed by atoms with Crippen molar-refractivity contribution in [1.29, 1.82) is 0 Å². The molecule has 0 bridgehead atoms. The van der Waals surface area contributed by atoms with Crippen molar-refractivity contribution in [3.63, 3.8) is 0 Å². The van der Waals surface area contributed by atoms with Crippen LogP contribution in [0.2, 0.25) is 0 Å².